The van der Waals surface area contributed by atoms with E-state index in [9.17, 15) is 13.2 Å². The Bertz CT molecular complexity index is 1180. The van der Waals surface area contributed by atoms with Gasteiger partial charge in [-0.05, 0) is 48.2 Å². The molecule has 29 heavy (non-hydrogen) atoms. The van der Waals surface area contributed by atoms with Crippen LogP contribution in [0, 0.1) is 0 Å². The molecule has 0 bridgehead atoms. The van der Waals surface area contributed by atoms with Crippen LogP contribution in [0.4, 0.5) is 11.4 Å². The van der Waals surface area contributed by atoms with Crippen LogP contribution in [0.15, 0.2) is 47.4 Å². The molecule has 156 valence electrons. The number of hydrogen-bond acceptors (Lipinski definition) is 5. The molecule has 0 unspecified atom stereocenters. The number of benzene rings is 1. The Hall–Kier alpha value is -2.17. The highest BCUT2D eigenvalue weighted by Gasteiger charge is 2.22. The summed E-state index contributed by atoms with van der Waals surface area (Å²) in [4.78, 5) is 18.4. The normalized spacial score (nSPS) is 14.2. The maximum Gasteiger partial charge on any atom is 0.277 e. The molecule has 4 rings (SSSR count). The lowest BCUT2D eigenvalue weighted by atomic mass is 10.0. The Morgan fingerprint density at radius 3 is 2.66 bits per heavy atom. The number of aromatic amines is 1. The van der Waals surface area contributed by atoms with Gasteiger partial charge in [-0.3, -0.25) is 4.79 Å². The molecule has 0 fully saturated rings. The Kier molecular flexibility index (Phi) is 7.25. The van der Waals surface area contributed by atoms with Crippen molar-refractivity contribution in [3.63, 3.8) is 0 Å². The summed E-state index contributed by atoms with van der Waals surface area (Å²) < 4.78 is 24.8. The Morgan fingerprint density at radius 2 is 1.90 bits per heavy atom. The highest BCUT2D eigenvalue weighted by Crippen LogP contribution is 2.27. The molecular weight excluding hydrogens is 437 g/mol. The number of nitrogens with zero attached hydrogens (tertiary/aromatic N) is 2. The van der Waals surface area contributed by atoms with Gasteiger partial charge in [-0.1, -0.05) is 6.07 Å². The van der Waals surface area contributed by atoms with Gasteiger partial charge in [0.25, 0.3) is 10.2 Å². The van der Waals surface area contributed by atoms with Crippen LogP contribution in [0.25, 0.3) is 11.0 Å². The molecule has 0 radical (unpaired) electrons. The van der Waals surface area contributed by atoms with E-state index in [4.69, 9.17) is 5.14 Å². The summed E-state index contributed by atoms with van der Waals surface area (Å²) in [5.41, 5.74) is 3.97. The average Bonchev–Trinajstić information content (AvgIpc) is 2.83. The van der Waals surface area contributed by atoms with Crippen molar-refractivity contribution in [1.82, 2.24) is 14.3 Å². The summed E-state index contributed by atoms with van der Waals surface area (Å²) in [6, 6.07) is 10.9. The molecule has 11 heteroatoms. The fourth-order valence-corrected chi connectivity index (χ4v) is 4.05. The van der Waals surface area contributed by atoms with Crippen molar-refractivity contribution in [2.24, 2.45) is 5.14 Å². The summed E-state index contributed by atoms with van der Waals surface area (Å²) in [6.07, 6.45) is 3.16. The number of hydrogen-bond donors (Lipinski definition) is 3. The molecule has 0 atom stereocenters. The summed E-state index contributed by atoms with van der Waals surface area (Å²) in [5.74, 6) is 0. The minimum Gasteiger partial charge on any atom is -0.355 e. The van der Waals surface area contributed by atoms with Crippen molar-refractivity contribution in [3.8, 4) is 0 Å². The van der Waals surface area contributed by atoms with Crippen molar-refractivity contribution in [2.75, 3.05) is 11.9 Å². The molecule has 0 saturated carbocycles. The number of fused-ring (bicyclic) bond motifs is 2. The molecule has 0 saturated heterocycles. The smallest absolute Gasteiger partial charge is 0.277 e. The first-order valence-corrected chi connectivity index (χ1v) is 10.1. The second kappa shape index (κ2) is 9.10. The molecule has 0 spiro atoms. The SMILES string of the molecule is Cl.Cl.NS(=O)(=O)N1CCCc2ccc(Nc3ccnc4[nH]c(=O)ccc34)cc2C1. The van der Waals surface area contributed by atoms with Gasteiger partial charge in [0.15, 0.2) is 0 Å². The highest BCUT2D eigenvalue weighted by atomic mass is 35.5. The molecule has 3 aromatic rings. The lowest BCUT2D eigenvalue weighted by molar-refractivity contribution is 0.411. The van der Waals surface area contributed by atoms with Gasteiger partial charge in [-0.2, -0.15) is 12.7 Å². The topological polar surface area (TPSA) is 121 Å². The van der Waals surface area contributed by atoms with Crippen LogP contribution in [-0.4, -0.2) is 29.2 Å². The van der Waals surface area contributed by atoms with E-state index < -0.39 is 10.2 Å². The number of pyridine rings is 2. The number of nitrogens with one attached hydrogen (secondary N) is 2. The predicted octanol–water partition coefficient (Wildman–Crippen LogP) is 2.46. The van der Waals surface area contributed by atoms with Crippen LogP contribution in [0.5, 0.6) is 0 Å². The largest absolute Gasteiger partial charge is 0.355 e. The first-order chi connectivity index (χ1) is 12.9. The maximum atomic E-state index is 11.8. The molecule has 1 aliphatic rings. The van der Waals surface area contributed by atoms with Gasteiger partial charge in [0.1, 0.15) is 5.65 Å². The van der Waals surface area contributed by atoms with Crippen LogP contribution in [0.1, 0.15) is 17.5 Å². The third kappa shape index (κ3) is 5.06. The van der Waals surface area contributed by atoms with Crippen LogP contribution in [0.2, 0.25) is 0 Å². The maximum absolute atomic E-state index is 11.8. The number of halogens is 2. The standard InChI is InChI=1S/C18H19N5O3S.2ClH/c19-27(25,26)23-9-1-2-12-3-4-14(10-13(12)11-23)21-16-7-8-20-18-15(16)5-6-17(24)22-18;;/h3-8,10H,1-2,9,11H2,(H2,19,25,26)(H2,20,21,22,24);2*1H. The number of anilines is 2. The zero-order valence-corrected chi connectivity index (χ0v) is 17.7. The van der Waals surface area contributed by atoms with E-state index in [0.29, 0.717) is 12.2 Å². The van der Waals surface area contributed by atoms with E-state index in [1.807, 2.05) is 24.3 Å². The fourth-order valence-electron chi connectivity index (χ4n) is 3.35. The van der Waals surface area contributed by atoms with E-state index in [1.165, 1.54) is 10.4 Å². The highest BCUT2D eigenvalue weighted by molar-refractivity contribution is 7.86. The molecule has 1 aromatic carbocycles. The van der Waals surface area contributed by atoms with E-state index in [1.54, 1.807) is 12.3 Å². The molecule has 4 N–H and O–H groups in total. The number of aryl methyl sites for hydroxylation is 1. The van der Waals surface area contributed by atoms with Gasteiger partial charge in [0, 0.05) is 36.4 Å². The monoisotopic (exact) mass is 457 g/mol. The van der Waals surface area contributed by atoms with Gasteiger partial charge in [-0.15, -0.1) is 24.8 Å². The molecule has 1 aliphatic heterocycles. The lowest BCUT2D eigenvalue weighted by Crippen LogP contribution is -2.36. The number of rotatable bonds is 3. The molecule has 8 nitrogen and oxygen atoms in total. The van der Waals surface area contributed by atoms with Crippen LogP contribution in [0.3, 0.4) is 0 Å². The van der Waals surface area contributed by atoms with Crippen molar-refractivity contribution in [2.45, 2.75) is 19.4 Å². The summed E-state index contributed by atoms with van der Waals surface area (Å²) >= 11 is 0. The summed E-state index contributed by atoms with van der Waals surface area (Å²) in [5, 5.41) is 9.44. The van der Waals surface area contributed by atoms with Crippen molar-refractivity contribution >= 4 is 57.4 Å². The number of aromatic nitrogens is 2. The zero-order chi connectivity index (χ0) is 19.0. The lowest BCUT2D eigenvalue weighted by Gasteiger charge is -2.18. The van der Waals surface area contributed by atoms with Gasteiger partial charge in [-0.25, -0.2) is 10.1 Å². The Labute approximate surface area is 180 Å². The zero-order valence-electron chi connectivity index (χ0n) is 15.3. The van der Waals surface area contributed by atoms with Gasteiger partial charge in [0.05, 0.1) is 5.69 Å². The van der Waals surface area contributed by atoms with E-state index >= 15 is 0 Å². The van der Waals surface area contributed by atoms with Gasteiger partial charge in [0.2, 0.25) is 5.56 Å². The third-order valence-corrected chi connectivity index (χ3v) is 5.71. The fraction of sp³-hybridized carbons (Fsp3) is 0.222. The second-order valence-electron chi connectivity index (χ2n) is 6.53. The molecule has 0 aliphatic carbocycles. The van der Waals surface area contributed by atoms with E-state index in [0.717, 1.165) is 40.7 Å². The summed E-state index contributed by atoms with van der Waals surface area (Å²) in [6.45, 7) is 0.673. The molecule has 0 amide bonds. The van der Waals surface area contributed by atoms with Crippen LogP contribution >= 0.6 is 24.8 Å². The predicted molar refractivity (Wildman–Crippen MR) is 118 cm³/mol. The minimum atomic E-state index is -3.73. The van der Waals surface area contributed by atoms with Crippen LogP contribution in [-0.2, 0) is 23.2 Å². The third-order valence-electron chi connectivity index (χ3n) is 4.68. The quantitative estimate of drug-likeness (QED) is 0.557. The first-order valence-electron chi connectivity index (χ1n) is 8.55. The number of nitrogens with two attached hydrogens (primary N) is 1. The Morgan fingerprint density at radius 1 is 1.10 bits per heavy atom. The second-order valence-corrected chi connectivity index (χ2v) is 8.08. The summed E-state index contributed by atoms with van der Waals surface area (Å²) in [7, 11) is -3.73. The average molecular weight is 458 g/mol. The first kappa shape index (κ1) is 23.1. The van der Waals surface area contributed by atoms with Crippen LogP contribution < -0.4 is 16.0 Å². The molecular formula is C18H21Cl2N5O3S. The van der Waals surface area contributed by atoms with Gasteiger partial charge < -0.3 is 10.3 Å². The van der Waals surface area contributed by atoms with E-state index in [2.05, 4.69) is 15.3 Å². The van der Waals surface area contributed by atoms with Gasteiger partial charge >= 0.3 is 0 Å². The van der Waals surface area contributed by atoms with Crippen molar-refractivity contribution in [1.29, 1.82) is 0 Å². The minimum absolute atomic E-state index is 0. The molecule has 2 aromatic heterocycles. The van der Waals surface area contributed by atoms with Crippen molar-refractivity contribution in [3.05, 3.63) is 64.1 Å². The Balaban J connectivity index is 0.00000150. The number of H-pyrrole nitrogens is 1. The molecule has 3 heterocycles. The van der Waals surface area contributed by atoms with Crippen molar-refractivity contribution < 1.29 is 8.42 Å². The van der Waals surface area contributed by atoms with E-state index in [-0.39, 0.29) is 36.9 Å².